The van der Waals surface area contributed by atoms with Crippen LogP contribution in [0.3, 0.4) is 0 Å². The molecule has 156 valence electrons. The Hall–Kier alpha value is -3.52. The number of hydrogen-bond acceptors (Lipinski definition) is 2. The van der Waals surface area contributed by atoms with Crippen molar-refractivity contribution in [2.24, 2.45) is 0 Å². The molecule has 4 aromatic rings. The number of benzene rings is 4. The van der Waals surface area contributed by atoms with Crippen LogP contribution in [-0.4, -0.2) is 10.2 Å². The Morgan fingerprint density at radius 2 is 0.903 bits per heavy atom. The zero-order chi connectivity index (χ0) is 22.2. The van der Waals surface area contributed by atoms with Crippen LogP contribution in [0.1, 0.15) is 36.1 Å². The summed E-state index contributed by atoms with van der Waals surface area (Å²) in [6.45, 7) is 8.65. The van der Waals surface area contributed by atoms with Crippen LogP contribution in [0, 0.1) is 13.8 Å². The highest BCUT2D eigenvalue weighted by atomic mass is 16.3. The molecule has 0 radical (unpaired) electrons. The van der Waals surface area contributed by atoms with Crippen molar-refractivity contribution in [1.82, 2.24) is 0 Å². The molecule has 0 aliphatic rings. The lowest BCUT2D eigenvalue weighted by Gasteiger charge is -2.28. The second-order valence-electron chi connectivity index (χ2n) is 8.72. The summed E-state index contributed by atoms with van der Waals surface area (Å²) in [5, 5.41) is 20.5. The Labute approximate surface area is 184 Å². The maximum absolute atomic E-state index is 10.2. The first-order valence-corrected chi connectivity index (χ1v) is 10.6. The summed E-state index contributed by atoms with van der Waals surface area (Å²) in [5.41, 5.74) is 8.32. The molecule has 0 saturated heterocycles. The van der Waals surface area contributed by atoms with Gasteiger partial charge in [0.25, 0.3) is 0 Å². The molecule has 4 rings (SSSR count). The van der Waals surface area contributed by atoms with Crippen LogP contribution in [0.4, 0.5) is 0 Å². The Balaban J connectivity index is 1.72. The van der Waals surface area contributed by atoms with Crippen molar-refractivity contribution in [2.45, 2.75) is 33.1 Å². The van der Waals surface area contributed by atoms with Crippen molar-refractivity contribution in [3.8, 4) is 33.8 Å². The van der Waals surface area contributed by atoms with Gasteiger partial charge in [-0.1, -0.05) is 86.6 Å². The molecule has 31 heavy (non-hydrogen) atoms. The molecule has 0 amide bonds. The van der Waals surface area contributed by atoms with Gasteiger partial charge in [-0.05, 0) is 59.4 Å². The van der Waals surface area contributed by atoms with Crippen LogP contribution in [-0.2, 0) is 5.41 Å². The Bertz CT molecular complexity index is 1150. The Morgan fingerprint density at radius 3 is 1.26 bits per heavy atom. The lowest BCUT2D eigenvalue weighted by Crippen LogP contribution is -2.19. The highest BCUT2D eigenvalue weighted by molar-refractivity contribution is 5.75. The number of aromatic hydroxyl groups is 2. The molecule has 2 N–H and O–H groups in total. The molecule has 0 heterocycles. The molecule has 0 bridgehead atoms. The Kier molecular flexibility index (Phi) is 5.32. The number of phenolic OH excluding ortho intramolecular Hbond substituents is 2. The third-order valence-corrected chi connectivity index (χ3v) is 6.28. The third-order valence-electron chi connectivity index (χ3n) is 6.28. The second-order valence-corrected chi connectivity index (χ2v) is 8.72. The van der Waals surface area contributed by atoms with Crippen LogP contribution in [0.2, 0.25) is 0 Å². The standard InChI is InChI=1S/C29H28O2/c1-19-17-21(13-15-23(19)25-9-5-7-11-27(25)30)29(3,4)22-14-16-24(20(2)18-22)26-10-6-8-12-28(26)31/h5-18,30-31H,1-4H3. The summed E-state index contributed by atoms with van der Waals surface area (Å²) in [4.78, 5) is 0. The van der Waals surface area contributed by atoms with Crippen LogP contribution in [0.5, 0.6) is 11.5 Å². The minimum atomic E-state index is -0.190. The molecule has 0 aromatic heterocycles. The molecule has 4 aromatic carbocycles. The van der Waals surface area contributed by atoms with Crippen LogP contribution in [0.25, 0.3) is 22.3 Å². The zero-order valence-corrected chi connectivity index (χ0v) is 18.5. The number of para-hydroxylation sites is 2. The molecular weight excluding hydrogens is 380 g/mol. The van der Waals surface area contributed by atoms with Crippen molar-refractivity contribution in [3.63, 3.8) is 0 Å². The van der Waals surface area contributed by atoms with E-state index < -0.39 is 0 Å². The summed E-state index contributed by atoms with van der Waals surface area (Å²) in [5.74, 6) is 0.598. The van der Waals surface area contributed by atoms with Crippen molar-refractivity contribution < 1.29 is 10.2 Å². The van der Waals surface area contributed by atoms with Crippen molar-refractivity contribution in [2.75, 3.05) is 0 Å². The maximum atomic E-state index is 10.2. The molecule has 0 aliphatic heterocycles. The van der Waals surface area contributed by atoms with E-state index in [1.54, 1.807) is 12.1 Å². The summed E-state index contributed by atoms with van der Waals surface area (Å²) in [6, 6.07) is 27.9. The van der Waals surface area contributed by atoms with E-state index in [9.17, 15) is 10.2 Å². The van der Waals surface area contributed by atoms with Gasteiger partial charge in [0.05, 0.1) is 0 Å². The predicted molar refractivity (Wildman–Crippen MR) is 129 cm³/mol. The SMILES string of the molecule is Cc1cc(C(C)(C)c2ccc(-c3ccccc3O)c(C)c2)ccc1-c1ccccc1O. The molecule has 0 atom stereocenters. The summed E-state index contributed by atoms with van der Waals surface area (Å²) in [7, 11) is 0. The molecule has 2 heteroatoms. The van der Waals surface area contributed by atoms with E-state index in [-0.39, 0.29) is 5.41 Å². The smallest absolute Gasteiger partial charge is 0.123 e. The number of hydrogen-bond donors (Lipinski definition) is 2. The number of aryl methyl sites for hydroxylation is 2. The minimum Gasteiger partial charge on any atom is -0.507 e. The van der Waals surface area contributed by atoms with Gasteiger partial charge in [-0.3, -0.25) is 0 Å². The average Bonchev–Trinajstić information content (AvgIpc) is 2.75. The first-order chi connectivity index (χ1) is 14.8. The van der Waals surface area contributed by atoms with Gasteiger partial charge in [0.2, 0.25) is 0 Å². The third kappa shape index (κ3) is 3.82. The van der Waals surface area contributed by atoms with Gasteiger partial charge >= 0.3 is 0 Å². The van der Waals surface area contributed by atoms with Gasteiger partial charge < -0.3 is 10.2 Å². The van der Waals surface area contributed by atoms with E-state index in [1.807, 2.05) is 36.4 Å². The summed E-state index contributed by atoms with van der Waals surface area (Å²) < 4.78 is 0. The molecule has 0 unspecified atom stereocenters. The normalized spacial score (nSPS) is 11.5. The van der Waals surface area contributed by atoms with E-state index in [1.165, 1.54) is 11.1 Å². The fourth-order valence-corrected chi connectivity index (χ4v) is 4.28. The molecule has 0 aliphatic carbocycles. The van der Waals surface area contributed by atoms with E-state index in [2.05, 4.69) is 64.1 Å². The van der Waals surface area contributed by atoms with Crippen LogP contribution < -0.4 is 0 Å². The largest absolute Gasteiger partial charge is 0.507 e. The summed E-state index contributed by atoms with van der Waals surface area (Å²) >= 11 is 0. The van der Waals surface area contributed by atoms with E-state index >= 15 is 0 Å². The van der Waals surface area contributed by atoms with Crippen molar-refractivity contribution >= 4 is 0 Å². The molecule has 2 nitrogen and oxygen atoms in total. The van der Waals surface area contributed by atoms with Gasteiger partial charge in [-0.15, -0.1) is 0 Å². The predicted octanol–water partition coefficient (Wildman–Crippen LogP) is 7.37. The van der Waals surface area contributed by atoms with Crippen molar-refractivity contribution in [3.05, 3.63) is 107 Å². The molecule has 0 saturated carbocycles. The maximum Gasteiger partial charge on any atom is 0.123 e. The van der Waals surface area contributed by atoms with E-state index in [0.717, 1.165) is 33.4 Å². The van der Waals surface area contributed by atoms with Crippen LogP contribution >= 0.6 is 0 Å². The van der Waals surface area contributed by atoms with Gasteiger partial charge in [0.15, 0.2) is 0 Å². The Morgan fingerprint density at radius 1 is 0.516 bits per heavy atom. The number of rotatable bonds is 4. The zero-order valence-electron chi connectivity index (χ0n) is 18.5. The van der Waals surface area contributed by atoms with Gasteiger partial charge in [-0.2, -0.15) is 0 Å². The monoisotopic (exact) mass is 408 g/mol. The van der Waals surface area contributed by atoms with E-state index in [4.69, 9.17) is 0 Å². The minimum absolute atomic E-state index is 0.190. The first-order valence-electron chi connectivity index (χ1n) is 10.6. The highest BCUT2D eigenvalue weighted by Gasteiger charge is 2.25. The van der Waals surface area contributed by atoms with Crippen LogP contribution in [0.15, 0.2) is 84.9 Å². The number of phenols is 2. The van der Waals surface area contributed by atoms with Gasteiger partial charge in [0.1, 0.15) is 11.5 Å². The van der Waals surface area contributed by atoms with Crippen molar-refractivity contribution in [1.29, 1.82) is 0 Å². The van der Waals surface area contributed by atoms with Gasteiger partial charge in [0, 0.05) is 16.5 Å². The summed E-state index contributed by atoms with van der Waals surface area (Å²) in [6.07, 6.45) is 0. The highest BCUT2D eigenvalue weighted by Crippen LogP contribution is 2.39. The molecule has 0 fully saturated rings. The molecule has 0 spiro atoms. The van der Waals surface area contributed by atoms with Gasteiger partial charge in [-0.25, -0.2) is 0 Å². The van der Waals surface area contributed by atoms with E-state index in [0.29, 0.717) is 11.5 Å². The topological polar surface area (TPSA) is 40.5 Å². The fourth-order valence-electron chi connectivity index (χ4n) is 4.28. The fraction of sp³-hybridized carbons (Fsp3) is 0.172. The average molecular weight is 409 g/mol. The first kappa shape index (κ1) is 20.7. The lowest BCUT2D eigenvalue weighted by atomic mass is 9.76. The quantitative estimate of drug-likeness (QED) is 0.370. The molecular formula is C29H28O2. The second kappa shape index (κ2) is 7.96. The lowest BCUT2D eigenvalue weighted by molar-refractivity contribution is 0.477.